The van der Waals surface area contributed by atoms with Crippen LogP contribution in [0.1, 0.15) is 34.1 Å². The average molecular weight is 182 g/mol. The first-order valence-electron chi connectivity index (χ1n) is 4.95. The third kappa shape index (κ3) is 3.35. The number of rotatable bonds is 5. The van der Waals surface area contributed by atoms with Crippen molar-refractivity contribution in [1.82, 2.24) is 0 Å². The van der Waals surface area contributed by atoms with E-state index in [1.165, 1.54) is 0 Å². The topological polar surface area (TPSA) is 20.2 Å². The highest BCUT2D eigenvalue weighted by molar-refractivity contribution is 5.02. The highest BCUT2D eigenvalue weighted by Crippen LogP contribution is 2.29. The molecule has 0 aliphatic rings. The molecule has 0 unspecified atom stereocenters. The summed E-state index contributed by atoms with van der Waals surface area (Å²) in [5, 5.41) is 10.3. The second-order valence-electron chi connectivity index (χ2n) is 4.17. The largest absolute Gasteiger partial charge is 0.389 e. The van der Waals surface area contributed by atoms with E-state index in [-0.39, 0.29) is 11.8 Å². The normalized spacial score (nSPS) is 13.2. The minimum Gasteiger partial charge on any atom is -0.389 e. The van der Waals surface area contributed by atoms with E-state index in [1.807, 2.05) is 12.2 Å². The smallest absolute Gasteiger partial charge is 0.0727 e. The van der Waals surface area contributed by atoms with Gasteiger partial charge < -0.3 is 5.11 Å². The molecule has 0 radical (unpaired) electrons. The summed E-state index contributed by atoms with van der Waals surface area (Å²) >= 11 is 0. The molecule has 0 aromatic heterocycles. The van der Waals surface area contributed by atoms with E-state index in [9.17, 15) is 5.11 Å². The van der Waals surface area contributed by atoms with Crippen LogP contribution in [0.15, 0.2) is 24.8 Å². The van der Waals surface area contributed by atoms with Crippen molar-refractivity contribution >= 4 is 0 Å². The molecule has 0 fully saturated rings. The molecule has 0 aliphatic heterocycles. The zero-order chi connectivity index (χ0) is 10.5. The van der Waals surface area contributed by atoms with Gasteiger partial charge in [-0.2, -0.15) is 0 Å². The highest BCUT2D eigenvalue weighted by Gasteiger charge is 2.32. The Morgan fingerprint density at radius 3 is 2.00 bits per heavy atom. The molecule has 0 saturated carbocycles. The lowest BCUT2D eigenvalue weighted by Crippen LogP contribution is -2.40. The van der Waals surface area contributed by atoms with Gasteiger partial charge in [0.2, 0.25) is 0 Å². The summed E-state index contributed by atoms with van der Waals surface area (Å²) < 4.78 is 0. The standard InChI is InChI=1S/C12H22O/c1-6-7-8-9-12(13,10(2)3)11(4)5/h6-8,10-11,13H,1,9H2,2-5H3/b8-7+. The maximum atomic E-state index is 10.3. The van der Waals surface area contributed by atoms with Crippen molar-refractivity contribution in [3.05, 3.63) is 24.8 Å². The molecule has 0 heterocycles. The van der Waals surface area contributed by atoms with Crippen LogP contribution in [0.25, 0.3) is 0 Å². The molecule has 13 heavy (non-hydrogen) atoms. The SMILES string of the molecule is C=C/C=C/CC(O)(C(C)C)C(C)C. The number of hydrogen-bond acceptors (Lipinski definition) is 1. The molecule has 0 rings (SSSR count). The minimum absolute atomic E-state index is 0.280. The van der Waals surface area contributed by atoms with E-state index in [0.717, 1.165) is 0 Å². The molecule has 0 bridgehead atoms. The summed E-state index contributed by atoms with van der Waals surface area (Å²) in [6.45, 7) is 11.8. The van der Waals surface area contributed by atoms with Crippen LogP contribution < -0.4 is 0 Å². The van der Waals surface area contributed by atoms with Gasteiger partial charge in [0.15, 0.2) is 0 Å². The Morgan fingerprint density at radius 1 is 1.23 bits per heavy atom. The summed E-state index contributed by atoms with van der Waals surface area (Å²) in [6, 6.07) is 0. The van der Waals surface area contributed by atoms with Gasteiger partial charge in [-0.05, 0) is 18.3 Å². The van der Waals surface area contributed by atoms with E-state index in [1.54, 1.807) is 6.08 Å². The molecule has 1 nitrogen and oxygen atoms in total. The lowest BCUT2D eigenvalue weighted by atomic mass is 9.78. The van der Waals surface area contributed by atoms with Crippen molar-refractivity contribution in [2.45, 2.75) is 39.7 Å². The van der Waals surface area contributed by atoms with Crippen LogP contribution in [-0.4, -0.2) is 10.7 Å². The van der Waals surface area contributed by atoms with E-state index in [0.29, 0.717) is 6.42 Å². The maximum Gasteiger partial charge on any atom is 0.0727 e. The zero-order valence-electron chi connectivity index (χ0n) is 9.25. The van der Waals surface area contributed by atoms with Gasteiger partial charge in [-0.25, -0.2) is 0 Å². The molecule has 0 aromatic carbocycles. The van der Waals surface area contributed by atoms with E-state index < -0.39 is 5.60 Å². The first kappa shape index (κ1) is 12.4. The molecule has 0 aliphatic carbocycles. The molecule has 0 saturated heterocycles. The second-order valence-corrected chi connectivity index (χ2v) is 4.17. The van der Waals surface area contributed by atoms with Crippen molar-refractivity contribution < 1.29 is 5.11 Å². The Labute approximate surface area is 82.2 Å². The number of aliphatic hydroxyl groups is 1. The predicted octanol–water partition coefficient (Wildman–Crippen LogP) is 3.16. The predicted molar refractivity (Wildman–Crippen MR) is 58.6 cm³/mol. The highest BCUT2D eigenvalue weighted by atomic mass is 16.3. The van der Waals surface area contributed by atoms with Crippen molar-refractivity contribution in [2.75, 3.05) is 0 Å². The summed E-state index contributed by atoms with van der Waals surface area (Å²) in [6.07, 6.45) is 6.30. The molecule has 0 aromatic rings. The van der Waals surface area contributed by atoms with Crippen molar-refractivity contribution in [1.29, 1.82) is 0 Å². The lowest BCUT2D eigenvalue weighted by Gasteiger charge is -2.35. The van der Waals surface area contributed by atoms with Crippen molar-refractivity contribution in [3.63, 3.8) is 0 Å². The average Bonchev–Trinajstić information content (AvgIpc) is 2.03. The first-order valence-corrected chi connectivity index (χ1v) is 4.95. The van der Waals surface area contributed by atoms with E-state index >= 15 is 0 Å². The Kier molecular flexibility index (Phi) is 5.01. The van der Waals surface area contributed by atoms with Crippen LogP contribution in [0.4, 0.5) is 0 Å². The first-order chi connectivity index (χ1) is 5.95. The molecular formula is C12H22O. The third-order valence-corrected chi connectivity index (χ3v) is 2.72. The quantitative estimate of drug-likeness (QED) is 0.647. The molecule has 1 heteroatoms. The van der Waals surface area contributed by atoms with Gasteiger partial charge >= 0.3 is 0 Å². The molecule has 0 spiro atoms. The Bertz CT molecular complexity index is 170. The van der Waals surface area contributed by atoms with Gasteiger partial charge in [0.25, 0.3) is 0 Å². The minimum atomic E-state index is -0.584. The Morgan fingerprint density at radius 2 is 1.69 bits per heavy atom. The Hall–Kier alpha value is -0.560. The van der Waals surface area contributed by atoms with Crippen LogP contribution in [0, 0.1) is 11.8 Å². The second kappa shape index (κ2) is 5.23. The van der Waals surface area contributed by atoms with Gasteiger partial charge in [-0.1, -0.05) is 52.5 Å². The fourth-order valence-electron chi connectivity index (χ4n) is 1.49. The summed E-state index contributed by atoms with van der Waals surface area (Å²) in [7, 11) is 0. The maximum absolute atomic E-state index is 10.3. The van der Waals surface area contributed by atoms with Gasteiger partial charge in [-0.3, -0.25) is 0 Å². The van der Waals surface area contributed by atoms with Crippen molar-refractivity contribution in [3.8, 4) is 0 Å². The van der Waals surface area contributed by atoms with E-state index in [2.05, 4.69) is 34.3 Å². The summed E-state index contributed by atoms with van der Waals surface area (Å²) in [5.74, 6) is 0.559. The number of allylic oxidation sites excluding steroid dienone is 2. The van der Waals surface area contributed by atoms with Gasteiger partial charge in [0.05, 0.1) is 5.60 Å². The summed E-state index contributed by atoms with van der Waals surface area (Å²) in [4.78, 5) is 0. The van der Waals surface area contributed by atoms with Gasteiger partial charge in [-0.15, -0.1) is 0 Å². The molecule has 1 N–H and O–H groups in total. The van der Waals surface area contributed by atoms with Crippen LogP contribution in [0.3, 0.4) is 0 Å². The van der Waals surface area contributed by atoms with Crippen LogP contribution >= 0.6 is 0 Å². The fourth-order valence-corrected chi connectivity index (χ4v) is 1.49. The molecule has 0 atom stereocenters. The fraction of sp³-hybridized carbons (Fsp3) is 0.667. The van der Waals surface area contributed by atoms with Gasteiger partial charge in [0, 0.05) is 0 Å². The molecular weight excluding hydrogens is 160 g/mol. The van der Waals surface area contributed by atoms with Crippen LogP contribution in [-0.2, 0) is 0 Å². The lowest BCUT2D eigenvalue weighted by molar-refractivity contribution is -0.0439. The zero-order valence-corrected chi connectivity index (χ0v) is 9.25. The third-order valence-electron chi connectivity index (χ3n) is 2.72. The summed E-state index contributed by atoms with van der Waals surface area (Å²) in [5.41, 5.74) is -0.584. The van der Waals surface area contributed by atoms with Gasteiger partial charge in [0.1, 0.15) is 0 Å². The van der Waals surface area contributed by atoms with Crippen LogP contribution in [0.2, 0.25) is 0 Å². The molecule has 0 amide bonds. The monoisotopic (exact) mass is 182 g/mol. The number of hydrogen-bond donors (Lipinski definition) is 1. The molecule has 76 valence electrons. The van der Waals surface area contributed by atoms with Crippen LogP contribution in [0.5, 0.6) is 0 Å². The Balaban J connectivity index is 4.42. The van der Waals surface area contributed by atoms with Crippen molar-refractivity contribution in [2.24, 2.45) is 11.8 Å². The van der Waals surface area contributed by atoms with E-state index in [4.69, 9.17) is 0 Å².